The predicted molar refractivity (Wildman–Crippen MR) is 77.6 cm³/mol. The summed E-state index contributed by atoms with van der Waals surface area (Å²) in [6.45, 7) is 4.06. The van der Waals surface area contributed by atoms with E-state index in [0.29, 0.717) is 17.9 Å². The van der Waals surface area contributed by atoms with Gasteiger partial charge in [0.25, 0.3) is 0 Å². The number of rotatable bonds is 5. The normalized spacial score (nSPS) is 11.9. The molecule has 0 atom stereocenters. The molecule has 0 fully saturated rings. The van der Waals surface area contributed by atoms with Gasteiger partial charge in [-0.3, -0.25) is 0 Å². The van der Waals surface area contributed by atoms with E-state index in [-0.39, 0.29) is 17.1 Å². The van der Waals surface area contributed by atoms with Crippen LogP contribution >= 0.6 is 0 Å². The van der Waals surface area contributed by atoms with E-state index in [2.05, 4.69) is 0 Å². The standard InChI is InChI=1S/C14H18N2O3S/c1-3-16(10-12-7-5-9-19-12)20(17,18)14-11(2)6-4-8-13(14)15/h4-9H,3,10,15H2,1-2H3. The van der Waals surface area contributed by atoms with E-state index in [1.54, 1.807) is 44.2 Å². The number of benzene rings is 1. The molecular weight excluding hydrogens is 276 g/mol. The molecule has 2 aromatic rings. The van der Waals surface area contributed by atoms with Crippen molar-refractivity contribution in [2.45, 2.75) is 25.3 Å². The van der Waals surface area contributed by atoms with E-state index in [1.807, 2.05) is 0 Å². The Labute approximate surface area is 119 Å². The zero-order valence-electron chi connectivity index (χ0n) is 11.5. The van der Waals surface area contributed by atoms with Gasteiger partial charge >= 0.3 is 0 Å². The van der Waals surface area contributed by atoms with E-state index >= 15 is 0 Å². The maximum atomic E-state index is 12.7. The van der Waals surface area contributed by atoms with Gasteiger partial charge in [-0.2, -0.15) is 4.31 Å². The predicted octanol–water partition coefficient (Wildman–Crippen LogP) is 2.38. The molecule has 0 aliphatic heterocycles. The summed E-state index contributed by atoms with van der Waals surface area (Å²) >= 11 is 0. The van der Waals surface area contributed by atoms with Crippen LogP contribution in [0.3, 0.4) is 0 Å². The Hall–Kier alpha value is -1.79. The zero-order valence-corrected chi connectivity index (χ0v) is 12.4. The van der Waals surface area contributed by atoms with Gasteiger partial charge < -0.3 is 10.2 Å². The molecule has 1 aromatic carbocycles. The number of nitrogens with two attached hydrogens (primary N) is 1. The van der Waals surface area contributed by atoms with Gasteiger partial charge in [-0.15, -0.1) is 0 Å². The summed E-state index contributed by atoms with van der Waals surface area (Å²) in [6, 6.07) is 8.56. The van der Waals surface area contributed by atoms with E-state index in [9.17, 15) is 8.42 Å². The summed E-state index contributed by atoms with van der Waals surface area (Å²) in [6.07, 6.45) is 1.53. The Morgan fingerprint density at radius 2 is 2.00 bits per heavy atom. The molecule has 1 aromatic heterocycles. The molecule has 0 radical (unpaired) electrons. The van der Waals surface area contributed by atoms with Crippen LogP contribution in [0.1, 0.15) is 18.2 Å². The fraction of sp³-hybridized carbons (Fsp3) is 0.286. The molecule has 108 valence electrons. The number of nitrogens with zero attached hydrogens (tertiary/aromatic N) is 1. The topological polar surface area (TPSA) is 76.5 Å². The lowest BCUT2D eigenvalue weighted by atomic mass is 10.2. The summed E-state index contributed by atoms with van der Waals surface area (Å²) < 4.78 is 32.0. The third kappa shape index (κ3) is 2.71. The monoisotopic (exact) mass is 294 g/mol. The molecule has 2 rings (SSSR count). The molecule has 0 aliphatic rings. The fourth-order valence-corrected chi connectivity index (χ4v) is 3.84. The van der Waals surface area contributed by atoms with Crippen LogP contribution in [0.2, 0.25) is 0 Å². The maximum absolute atomic E-state index is 12.7. The third-order valence-electron chi connectivity index (χ3n) is 3.11. The van der Waals surface area contributed by atoms with Crippen molar-refractivity contribution in [3.63, 3.8) is 0 Å². The maximum Gasteiger partial charge on any atom is 0.245 e. The number of nitrogen functional groups attached to an aromatic ring is 1. The van der Waals surface area contributed by atoms with Crippen LogP contribution < -0.4 is 5.73 Å². The van der Waals surface area contributed by atoms with E-state index in [1.165, 1.54) is 10.6 Å². The van der Waals surface area contributed by atoms with Gasteiger partial charge in [0.1, 0.15) is 10.7 Å². The van der Waals surface area contributed by atoms with Crippen molar-refractivity contribution < 1.29 is 12.8 Å². The number of sulfonamides is 1. The second-order valence-corrected chi connectivity index (χ2v) is 6.38. The van der Waals surface area contributed by atoms with Crippen LogP contribution in [0.5, 0.6) is 0 Å². The Morgan fingerprint density at radius 1 is 1.25 bits per heavy atom. The molecule has 20 heavy (non-hydrogen) atoms. The van der Waals surface area contributed by atoms with Crippen molar-refractivity contribution in [3.05, 3.63) is 47.9 Å². The van der Waals surface area contributed by atoms with Crippen LogP contribution in [0.4, 0.5) is 5.69 Å². The second-order valence-electron chi connectivity index (χ2n) is 4.50. The fourth-order valence-electron chi connectivity index (χ4n) is 2.10. The Morgan fingerprint density at radius 3 is 2.55 bits per heavy atom. The van der Waals surface area contributed by atoms with Crippen molar-refractivity contribution >= 4 is 15.7 Å². The summed E-state index contributed by atoms with van der Waals surface area (Å²) in [5.74, 6) is 0.600. The summed E-state index contributed by atoms with van der Waals surface area (Å²) in [5, 5.41) is 0. The van der Waals surface area contributed by atoms with E-state index in [4.69, 9.17) is 10.2 Å². The molecule has 0 aliphatic carbocycles. The SMILES string of the molecule is CCN(Cc1ccco1)S(=O)(=O)c1c(C)cccc1N. The average Bonchev–Trinajstić information content (AvgIpc) is 2.88. The number of furan rings is 1. The third-order valence-corrected chi connectivity index (χ3v) is 5.25. The number of anilines is 1. The van der Waals surface area contributed by atoms with Gasteiger partial charge in [-0.25, -0.2) is 8.42 Å². The smallest absolute Gasteiger partial charge is 0.245 e. The van der Waals surface area contributed by atoms with Gasteiger partial charge in [-0.1, -0.05) is 19.1 Å². The molecule has 1 heterocycles. The first kappa shape index (κ1) is 14.6. The van der Waals surface area contributed by atoms with Gasteiger partial charge in [0, 0.05) is 6.54 Å². The highest BCUT2D eigenvalue weighted by Gasteiger charge is 2.27. The minimum Gasteiger partial charge on any atom is -0.468 e. The highest BCUT2D eigenvalue weighted by Crippen LogP contribution is 2.26. The number of aryl methyl sites for hydroxylation is 1. The molecule has 6 heteroatoms. The van der Waals surface area contributed by atoms with Crippen molar-refractivity contribution in [2.24, 2.45) is 0 Å². The highest BCUT2D eigenvalue weighted by molar-refractivity contribution is 7.89. The summed E-state index contributed by atoms with van der Waals surface area (Å²) in [7, 11) is -3.64. The lowest BCUT2D eigenvalue weighted by Crippen LogP contribution is -2.31. The molecule has 0 bridgehead atoms. The minimum atomic E-state index is -3.64. The van der Waals surface area contributed by atoms with Crippen molar-refractivity contribution in [1.82, 2.24) is 4.31 Å². The number of hydrogen-bond donors (Lipinski definition) is 1. The minimum absolute atomic E-state index is 0.174. The molecule has 2 N–H and O–H groups in total. The first-order chi connectivity index (χ1) is 9.46. The molecule has 5 nitrogen and oxygen atoms in total. The summed E-state index contributed by atoms with van der Waals surface area (Å²) in [5.41, 5.74) is 6.75. The lowest BCUT2D eigenvalue weighted by molar-refractivity contribution is 0.375. The van der Waals surface area contributed by atoms with Crippen LogP contribution in [0.25, 0.3) is 0 Å². The van der Waals surface area contributed by atoms with E-state index < -0.39 is 10.0 Å². The van der Waals surface area contributed by atoms with Crippen LogP contribution in [0.15, 0.2) is 45.9 Å². The van der Waals surface area contributed by atoms with Crippen LogP contribution in [-0.4, -0.2) is 19.3 Å². The molecule has 0 saturated heterocycles. The van der Waals surface area contributed by atoms with Crippen molar-refractivity contribution in [3.8, 4) is 0 Å². The Bertz CT molecular complexity index is 658. The summed E-state index contributed by atoms with van der Waals surface area (Å²) in [4.78, 5) is 0.174. The molecule has 0 saturated carbocycles. The molecule has 0 amide bonds. The van der Waals surface area contributed by atoms with Gasteiger partial charge in [-0.05, 0) is 30.7 Å². The van der Waals surface area contributed by atoms with Gasteiger partial charge in [0.15, 0.2) is 0 Å². The van der Waals surface area contributed by atoms with Crippen molar-refractivity contribution in [1.29, 1.82) is 0 Å². The first-order valence-corrected chi connectivity index (χ1v) is 7.78. The van der Waals surface area contributed by atoms with Crippen LogP contribution in [-0.2, 0) is 16.6 Å². The number of hydrogen-bond acceptors (Lipinski definition) is 4. The Kier molecular flexibility index (Phi) is 4.15. The zero-order chi connectivity index (χ0) is 14.8. The first-order valence-electron chi connectivity index (χ1n) is 6.34. The molecular formula is C14H18N2O3S. The van der Waals surface area contributed by atoms with Gasteiger partial charge in [0.2, 0.25) is 10.0 Å². The Balaban J connectivity index is 2.42. The highest BCUT2D eigenvalue weighted by atomic mass is 32.2. The second kappa shape index (κ2) is 5.68. The average molecular weight is 294 g/mol. The van der Waals surface area contributed by atoms with Crippen LogP contribution in [0, 0.1) is 6.92 Å². The van der Waals surface area contributed by atoms with Crippen molar-refractivity contribution in [2.75, 3.05) is 12.3 Å². The molecule has 0 spiro atoms. The quantitative estimate of drug-likeness (QED) is 0.859. The van der Waals surface area contributed by atoms with Gasteiger partial charge in [0.05, 0.1) is 18.5 Å². The lowest BCUT2D eigenvalue weighted by Gasteiger charge is -2.21. The largest absolute Gasteiger partial charge is 0.468 e. The molecule has 0 unspecified atom stereocenters. The van der Waals surface area contributed by atoms with E-state index in [0.717, 1.165) is 0 Å².